The summed E-state index contributed by atoms with van der Waals surface area (Å²) in [6.45, 7) is 0.376. The van der Waals surface area contributed by atoms with Gasteiger partial charge in [0.05, 0.1) is 0 Å². The van der Waals surface area contributed by atoms with E-state index in [1.54, 1.807) is 36.4 Å². The molecule has 0 aliphatic heterocycles. The number of rotatable bonds is 5. The van der Waals surface area contributed by atoms with E-state index < -0.39 is 12.1 Å². The molecule has 0 bridgehead atoms. The van der Waals surface area contributed by atoms with Gasteiger partial charge in [-0.05, 0) is 23.3 Å². The first-order valence-electron chi connectivity index (χ1n) is 7.82. The first-order chi connectivity index (χ1) is 12.8. The summed E-state index contributed by atoms with van der Waals surface area (Å²) in [5, 5.41) is 6.36. The van der Waals surface area contributed by atoms with Crippen molar-refractivity contribution >= 4 is 17.2 Å². The highest BCUT2D eigenvalue weighted by atomic mass is 32.1. The number of nitrogens with one attached hydrogen (secondary N) is 1. The number of thiocarbonyl (C=S) groups is 1. The van der Waals surface area contributed by atoms with Crippen molar-refractivity contribution in [3.05, 3.63) is 82.8 Å². The highest BCUT2D eigenvalue weighted by Gasteiger charge is 2.38. The van der Waals surface area contributed by atoms with E-state index in [1.807, 2.05) is 0 Å². The Bertz CT molecular complexity index is 938. The predicted molar refractivity (Wildman–Crippen MR) is 93.5 cm³/mol. The third-order valence-corrected chi connectivity index (χ3v) is 4.01. The molecule has 0 atom stereocenters. The van der Waals surface area contributed by atoms with Crippen LogP contribution < -0.4 is 5.32 Å². The lowest BCUT2D eigenvalue weighted by Gasteiger charge is -2.09. The Balaban J connectivity index is 1.59. The van der Waals surface area contributed by atoms with Gasteiger partial charge in [0, 0.05) is 18.5 Å². The van der Waals surface area contributed by atoms with Crippen molar-refractivity contribution in [3.8, 4) is 0 Å². The molecular formula is C18H13F4N3OS. The van der Waals surface area contributed by atoms with E-state index in [9.17, 15) is 17.6 Å². The lowest BCUT2D eigenvalue weighted by atomic mass is 10.1. The normalized spacial score (nSPS) is 11.4. The van der Waals surface area contributed by atoms with Gasteiger partial charge in [0.1, 0.15) is 10.8 Å². The van der Waals surface area contributed by atoms with E-state index in [4.69, 9.17) is 12.2 Å². The van der Waals surface area contributed by atoms with Crippen LogP contribution in [0.3, 0.4) is 0 Å². The van der Waals surface area contributed by atoms with Crippen molar-refractivity contribution in [1.82, 2.24) is 15.5 Å². The molecule has 9 heteroatoms. The van der Waals surface area contributed by atoms with Crippen molar-refractivity contribution in [1.29, 1.82) is 0 Å². The maximum absolute atomic E-state index is 13.2. The monoisotopic (exact) mass is 395 g/mol. The molecule has 3 aromatic rings. The number of aromatic nitrogens is 2. The molecule has 27 heavy (non-hydrogen) atoms. The van der Waals surface area contributed by atoms with Gasteiger partial charge in [-0.25, -0.2) is 4.39 Å². The van der Waals surface area contributed by atoms with Gasteiger partial charge in [-0.2, -0.15) is 18.2 Å². The van der Waals surface area contributed by atoms with Crippen LogP contribution in [0.4, 0.5) is 17.6 Å². The van der Waals surface area contributed by atoms with Gasteiger partial charge in [-0.3, -0.25) is 0 Å². The molecule has 140 valence electrons. The average molecular weight is 395 g/mol. The SMILES string of the molecule is Fc1cccc(CNC(=S)c2ccc(Cc3noc(C(F)(F)F)n3)cc2)c1. The number of nitrogens with zero attached hydrogens (tertiary/aromatic N) is 2. The number of halogens is 4. The topological polar surface area (TPSA) is 51.0 Å². The summed E-state index contributed by atoms with van der Waals surface area (Å²) in [5.74, 6) is -1.74. The number of hydrogen-bond acceptors (Lipinski definition) is 4. The highest BCUT2D eigenvalue weighted by Crippen LogP contribution is 2.27. The maximum Gasteiger partial charge on any atom is 0.471 e. The minimum atomic E-state index is -4.66. The smallest absolute Gasteiger partial charge is 0.372 e. The summed E-state index contributed by atoms with van der Waals surface area (Å²) in [6.07, 6.45) is -4.56. The summed E-state index contributed by atoms with van der Waals surface area (Å²) < 4.78 is 54.7. The van der Waals surface area contributed by atoms with Crippen LogP contribution in [0.5, 0.6) is 0 Å². The van der Waals surface area contributed by atoms with Gasteiger partial charge in [0.25, 0.3) is 0 Å². The zero-order chi connectivity index (χ0) is 19.4. The fourth-order valence-corrected chi connectivity index (χ4v) is 2.54. The van der Waals surface area contributed by atoms with Gasteiger partial charge in [-0.1, -0.05) is 53.8 Å². The van der Waals surface area contributed by atoms with E-state index >= 15 is 0 Å². The van der Waals surface area contributed by atoms with E-state index in [2.05, 4.69) is 20.0 Å². The van der Waals surface area contributed by atoms with Crippen molar-refractivity contribution in [2.45, 2.75) is 19.1 Å². The number of hydrogen-bond donors (Lipinski definition) is 1. The van der Waals surface area contributed by atoms with Crippen molar-refractivity contribution < 1.29 is 22.1 Å². The van der Waals surface area contributed by atoms with E-state index in [0.29, 0.717) is 17.1 Å². The second kappa shape index (κ2) is 7.83. The van der Waals surface area contributed by atoms with Crippen molar-refractivity contribution in [2.75, 3.05) is 0 Å². The van der Waals surface area contributed by atoms with Crippen LogP contribution in [0.15, 0.2) is 53.1 Å². The molecule has 0 aliphatic rings. The number of benzene rings is 2. The van der Waals surface area contributed by atoms with Gasteiger partial charge < -0.3 is 9.84 Å². The van der Waals surface area contributed by atoms with Gasteiger partial charge >= 0.3 is 12.1 Å². The van der Waals surface area contributed by atoms with Gasteiger partial charge in [0.15, 0.2) is 5.82 Å². The quantitative estimate of drug-likeness (QED) is 0.516. The zero-order valence-electron chi connectivity index (χ0n) is 13.8. The standard InChI is InChI=1S/C18H13F4N3OS/c19-14-3-1-2-12(8-14)10-23-16(27)13-6-4-11(5-7-13)9-15-24-17(26-25-15)18(20,21)22/h1-8H,9-10H2,(H,23,27). The second-order valence-electron chi connectivity index (χ2n) is 5.70. The summed E-state index contributed by atoms with van der Waals surface area (Å²) >= 11 is 5.30. The van der Waals surface area contributed by atoms with E-state index in [1.165, 1.54) is 12.1 Å². The third-order valence-electron chi connectivity index (χ3n) is 3.63. The molecular weight excluding hydrogens is 382 g/mol. The molecule has 4 nitrogen and oxygen atoms in total. The fourth-order valence-electron chi connectivity index (χ4n) is 2.33. The average Bonchev–Trinajstić information content (AvgIpc) is 3.09. The van der Waals surface area contributed by atoms with Crippen LogP contribution in [-0.4, -0.2) is 15.1 Å². The highest BCUT2D eigenvalue weighted by molar-refractivity contribution is 7.80. The molecule has 0 saturated heterocycles. The number of alkyl halides is 3. The molecule has 0 saturated carbocycles. The van der Waals surface area contributed by atoms with E-state index in [-0.39, 0.29) is 18.1 Å². The first-order valence-corrected chi connectivity index (χ1v) is 8.23. The molecule has 1 heterocycles. The van der Waals surface area contributed by atoms with Crippen LogP contribution in [0.1, 0.15) is 28.4 Å². The lowest BCUT2D eigenvalue weighted by molar-refractivity contribution is -0.159. The van der Waals surface area contributed by atoms with Crippen LogP contribution in [0.2, 0.25) is 0 Å². The molecule has 0 spiro atoms. The molecule has 1 aromatic heterocycles. The Morgan fingerprint density at radius 1 is 1.07 bits per heavy atom. The maximum atomic E-state index is 13.2. The van der Waals surface area contributed by atoms with Crippen LogP contribution in [0, 0.1) is 5.82 Å². The molecule has 1 N–H and O–H groups in total. The summed E-state index contributed by atoms with van der Waals surface area (Å²) in [4.78, 5) is 3.81. The minimum absolute atomic E-state index is 0.0538. The molecule has 2 aromatic carbocycles. The second-order valence-corrected chi connectivity index (χ2v) is 6.11. The van der Waals surface area contributed by atoms with Gasteiger partial charge in [0.2, 0.25) is 0 Å². The van der Waals surface area contributed by atoms with Gasteiger partial charge in [-0.15, -0.1) is 0 Å². The zero-order valence-corrected chi connectivity index (χ0v) is 14.6. The molecule has 0 fully saturated rings. The molecule has 0 unspecified atom stereocenters. The van der Waals surface area contributed by atoms with Crippen LogP contribution in [-0.2, 0) is 19.1 Å². The Morgan fingerprint density at radius 3 is 2.44 bits per heavy atom. The largest absolute Gasteiger partial charge is 0.471 e. The minimum Gasteiger partial charge on any atom is -0.372 e. The van der Waals surface area contributed by atoms with Crippen LogP contribution in [0.25, 0.3) is 0 Å². The van der Waals surface area contributed by atoms with Crippen LogP contribution >= 0.6 is 12.2 Å². The molecule has 3 rings (SSSR count). The third kappa shape index (κ3) is 5.10. The lowest BCUT2D eigenvalue weighted by Crippen LogP contribution is -2.21. The van der Waals surface area contributed by atoms with Crippen molar-refractivity contribution in [2.24, 2.45) is 0 Å². The fraction of sp³-hybridized carbons (Fsp3) is 0.167. The molecule has 0 radical (unpaired) electrons. The Kier molecular flexibility index (Phi) is 5.50. The summed E-state index contributed by atoms with van der Waals surface area (Å²) in [5.41, 5.74) is 2.20. The van der Waals surface area contributed by atoms with E-state index in [0.717, 1.165) is 11.1 Å². The summed E-state index contributed by atoms with van der Waals surface area (Å²) in [7, 11) is 0. The predicted octanol–water partition coefficient (Wildman–Crippen LogP) is 4.28. The van der Waals surface area contributed by atoms with Crippen molar-refractivity contribution in [3.63, 3.8) is 0 Å². The first kappa shape index (κ1) is 19.0. The Labute approximate surface area is 157 Å². The molecule has 0 aliphatic carbocycles. The Morgan fingerprint density at radius 2 is 1.81 bits per heavy atom. The summed E-state index contributed by atoms with van der Waals surface area (Å²) in [6, 6.07) is 13.1. The molecule has 0 amide bonds. The Hall–Kier alpha value is -2.81.